The first kappa shape index (κ1) is 23.0. The van der Waals surface area contributed by atoms with Gasteiger partial charge in [-0.3, -0.25) is 9.67 Å². The van der Waals surface area contributed by atoms with Crippen LogP contribution in [0.3, 0.4) is 0 Å². The van der Waals surface area contributed by atoms with Gasteiger partial charge in [0.05, 0.1) is 37.0 Å². The number of aliphatic hydroxyl groups excluding tert-OH is 1. The summed E-state index contributed by atoms with van der Waals surface area (Å²) >= 11 is 13.0. The second kappa shape index (κ2) is 9.87. The third kappa shape index (κ3) is 4.51. The van der Waals surface area contributed by atoms with Gasteiger partial charge in [0.15, 0.2) is 17.4 Å². The number of hydrogen-bond donors (Lipinski definition) is 2. The zero-order chi connectivity index (χ0) is 24.4. The number of nitrogens with one attached hydrogen (secondary N) is 1. The molecule has 0 unspecified atom stereocenters. The molecule has 35 heavy (non-hydrogen) atoms. The lowest BCUT2D eigenvalue weighted by Gasteiger charge is -2.11. The summed E-state index contributed by atoms with van der Waals surface area (Å²) in [5.74, 6) is 1.43. The van der Waals surface area contributed by atoms with Crippen molar-refractivity contribution in [1.82, 2.24) is 24.7 Å². The van der Waals surface area contributed by atoms with E-state index in [2.05, 4.69) is 15.3 Å². The van der Waals surface area contributed by atoms with Gasteiger partial charge in [-0.25, -0.2) is 9.97 Å². The lowest BCUT2D eigenvalue weighted by atomic mass is 10.1. The molecule has 176 valence electrons. The summed E-state index contributed by atoms with van der Waals surface area (Å²) in [4.78, 5) is 13.3. The van der Waals surface area contributed by atoms with Gasteiger partial charge in [0.1, 0.15) is 5.69 Å². The van der Waals surface area contributed by atoms with Crippen molar-refractivity contribution in [3.05, 3.63) is 88.3 Å². The lowest BCUT2D eigenvalue weighted by molar-refractivity contribution is 0.282. The summed E-state index contributed by atoms with van der Waals surface area (Å²) in [7, 11) is 1.56. The van der Waals surface area contributed by atoms with Crippen LogP contribution in [0, 0.1) is 0 Å². The molecule has 10 heteroatoms. The van der Waals surface area contributed by atoms with Crippen LogP contribution in [0.25, 0.3) is 22.4 Å². The number of rotatable bonds is 7. The Labute approximate surface area is 211 Å². The predicted molar refractivity (Wildman–Crippen MR) is 136 cm³/mol. The maximum Gasteiger partial charge on any atom is 0.183 e. The standard InChI is InChI=1S/C25H20Cl2N6O2/c1-35-21-12-29-25(31-24(21)30-16-8-10-28-11-9-16)23-17-4-2-3-5-20(17)33(32-23)13-18-19(26)7-6-15(14-34)22(18)27/h2-12,34H,13-14H2,1H3,(H,28,29,30,31). The van der Waals surface area contributed by atoms with Gasteiger partial charge < -0.3 is 15.2 Å². The van der Waals surface area contributed by atoms with Crippen molar-refractivity contribution in [2.45, 2.75) is 13.2 Å². The third-order valence-electron chi connectivity index (χ3n) is 5.53. The molecule has 0 aliphatic carbocycles. The van der Waals surface area contributed by atoms with Gasteiger partial charge in [0.25, 0.3) is 0 Å². The molecule has 0 fully saturated rings. The van der Waals surface area contributed by atoms with E-state index in [4.69, 9.17) is 38.0 Å². The van der Waals surface area contributed by atoms with Crippen LogP contribution in [0.4, 0.5) is 11.5 Å². The van der Waals surface area contributed by atoms with Crippen LogP contribution in [-0.2, 0) is 13.2 Å². The highest BCUT2D eigenvalue weighted by molar-refractivity contribution is 6.36. The zero-order valence-corrected chi connectivity index (χ0v) is 20.1. The minimum atomic E-state index is -0.180. The van der Waals surface area contributed by atoms with E-state index in [1.165, 1.54) is 0 Å². The molecule has 0 atom stereocenters. The summed E-state index contributed by atoms with van der Waals surface area (Å²) in [6.07, 6.45) is 4.99. The van der Waals surface area contributed by atoms with E-state index in [9.17, 15) is 5.11 Å². The molecule has 0 bridgehead atoms. The maximum atomic E-state index is 9.61. The topological polar surface area (TPSA) is 98.0 Å². The Morgan fingerprint density at radius 2 is 1.86 bits per heavy atom. The number of methoxy groups -OCH3 is 1. The summed E-state index contributed by atoms with van der Waals surface area (Å²) in [6, 6.07) is 14.9. The van der Waals surface area contributed by atoms with E-state index in [0.717, 1.165) is 16.6 Å². The largest absolute Gasteiger partial charge is 0.491 e. The molecule has 0 saturated heterocycles. The van der Waals surface area contributed by atoms with Gasteiger partial charge in [0.2, 0.25) is 0 Å². The monoisotopic (exact) mass is 506 g/mol. The number of aliphatic hydroxyl groups is 1. The number of nitrogens with zero attached hydrogens (tertiary/aromatic N) is 5. The molecule has 8 nitrogen and oxygen atoms in total. The predicted octanol–water partition coefficient (Wildman–Crippen LogP) is 5.49. The molecule has 0 radical (unpaired) electrons. The van der Waals surface area contributed by atoms with E-state index >= 15 is 0 Å². The number of fused-ring (bicyclic) bond motifs is 1. The zero-order valence-electron chi connectivity index (χ0n) is 18.6. The Hall–Kier alpha value is -3.72. The number of halogens is 2. The van der Waals surface area contributed by atoms with Crippen LogP contribution in [0.2, 0.25) is 10.0 Å². The van der Waals surface area contributed by atoms with Crippen molar-refractivity contribution in [3.63, 3.8) is 0 Å². The van der Waals surface area contributed by atoms with Crippen LogP contribution in [-0.4, -0.2) is 36.9 Å². The fourth-order valence-corrected chi connectivity index (χ4v) is 4.32. The third-order valence-corrected chi connectivity index (χ3v) is 6.36. The van der Waals surface area contributed by atoms with Crippen molar-refractivity contribution >= 4 is 45.6 Å². The Morgan fingerprint density at radius 3 is 2.63 bits per heavy atom. The number of hydrogen-bond acceptors (Lipinski definition) is 7. The fourth-order valence-electron chi connectivity index (χ4n) is 3.77. The molecule has 5 aromatic rings. The van der Waals surface area contributed by atoms with Gasteiger partial charge in [-0.05, 0) is 29.8 Å². The van der Waals surface area contributed by atoms with Crippen molar-refractivity contribution in [2.75, 3.05) is 12.4 Å². The molecule has 0 aliphatic rings. The number of para-hydroxylation sites is 1. The number of anilines is 2. The number of ether oxygens (including phenoxy) is 1. The minimum absolute atomic E-state index is 0.180. The number of benzene rings is 2. The maximum absolute atomic E-state index is 9.61. The van der Waals surface area contributed by atoms with Gasteiger partial charge in [0, 0.05) is 34.1 Å². The molecule has 2 aromatic carbocycles. The molecule has 5 rings (SSSR count). The minimum Gasteiger partial charge on any atom is -0.491 e. The average molecular weight is 507 g/mol. The number of aromatic nitrogens is 5. The highest BCUT2D eigenvalue weighted by atomic mass is 35.5. The van der Waals surface area contributed by atoms with Crippen molar-refractivity contribution in [2.24, 2.45) is 0 Å². The van der Waals surface area contributed by atoms with Crippen molar-refractivity contribution in [3.8, 4) is 17.3 Å². The normalized spacial score (nSPS) is 11.1. The number of pyridine rings is 1. The molecule has 0 saturated carbocycles. The first-order valence-corrected chi connectivity index (χ1v) is 11.4. The highest BCUT2D eigenvalue weighted by Gasteiger charge is 2.19. The molecule has 0 spiro atoms. The van der Waals surface area contributed by atoms with Gasteiger partial charge in [-0.1, -0.05) is 47.5 Å². The van der Waals surface area contributed by atoms with Crippen LogP contribution < -0.4 is 10.1 Å². The summed E-state index contributed by atoms with van der Waals surface area (Å²) in [6.45, 7) is 0.130. The van der Waals surface area contributed by atoms with E-state index in [-0.39, 0.29) is 6.61 Å². The molecule has 2 N–H and O–H groups in total. The van der Waals surface area contributed by atoms with E-state index in [1.54, 1.807) is 37.8 Å². The molecule has 0 amide bonds. The molecular weight excluding hydrogens is 487 g/mol. The SMILES string of the molecule is COc1cnc(-c2nn(Cc3c(Cl)ccc(CO)c3Cl)c3ccccc23)nc1Nc1ccncc1. The average Bonchev–Trinajstić information content (AvgIpc) is 3.26. The van der Waals surface area contributed by atoms with Crippen LogP contribution in [0.15, 0.2) is 67.1 Å². The Balaban J connectivity index is 1.60. The first-order valence-electron chi connectivity index (χ1n) is 10.7. The molecule has 3 heterocycles. The van der Waals surface area contributed by atoms with E-state index < -0.39 is 0 Å². The van der Waals surface area contributed by atoms with Crippen LogP contribution in [0.1, 0.15) is 11.1 Å². The van der Waals surface area contributed by atoms with Gasteiger partial charge >= 0.3 is 0 Å². The quantitative estimate of drug-likeness (QED) is 0.301. The van der Waals surface area contributed by atoms with E-state index in [0.29, 0.717) is 50.8 Å². The van der Waals surface area contributed by atoms with Gasteiger partial charge in [-0.2, -0.15) is 5.10 Å². The second-order valence-corrected chi connectivity index (χ2v) is 8.44. The Kier molecular flexibility index (Phi) is 6.50. The summed E-state index contributed by atoms with van der Waals surface area (Å²) in [5, 5.41) is 19.5. The summed E-state index contributed by atoms with van der Waals surface area (Å²) in [5.41, 5.74) is 3.56. The summed E-state index contributed by atoms with van der Waals surface area (Å²) < 4.78 is 7.26. The second-order valence-electron chi connectivity index (χ2n) is 7.65. The lowest BCUT2D eigenvalue weighted by Crippen LogP contribution is -2.05. The highest BCUT2D eigenvalue weighted by Crippen LogP contribution is 2.33. The fraction of sp³-hybridized carbons (Fsp3) is 0.120. The Bertz CT molecular complexity index is 1510. The van der Waals surface area contributed by atoms with E-state index in [1.807, 2.05) is 41.1 Å². The first-order chi connectivity index (χ1) is 17.1. The Morgan fingerprint density at radius 1 is 1.06 bits per heavy atom. The molecule has 0 aliphatic heterocycles. The van der Waals surface area contributed by atoms with Crippen molar-refractivity contribution < 1.29 is 9.84 Å². The molecular formula is C25H20Cl2N6O2. The van der Waals surface area contributed by atoms with Gasteiger partial charge in [-0.15, -0.1) is 0 Å². The van der Waals surface area contributed by atoms with Crippen LogP contribution >= 0.6 is 23.2 Å². The smallest absolute Gasteiger partial charge is 0.183 e. The molecule has 3 aromatic heterocycles. The van der Waals surface area contributed by atoms with Crippen molar-refractivity contribution in [1.29, 1.82) is 0 Å². The van der Waals surface area contributed by atoms with Crippen LogP contribution in [0.5, 0.6) is 5.75 Å².